The SMILES string of the molecule is CCCCCCCCCCCCCCCC(=O)OCCOCCOCCOCCCCCCCl. The number of rotatable bonds is 29. The monoisotopic (exact) mass is 506 g/mol. The third kappa shape index (κ3) is 29.7. The molecule has 0 aromatic rings. The lowest BCUT2D eigenvalue weighted by atomic mass is 10.0. The van der Waals surface area contributed by atoms with Crippen LogP contribution in [0.15, 0.2) is 0 Å². The topological polar surface area (TPSA) is 54.0 Å². The van der Waals surface area contributed by atoms with Crippen molar-refractivity contribution in [2.24, 2.45) is 0 Å². The third-order valence-corrected chi connectivity index (χ3v) is 6.16. The van der Waals surface area contributed by atoms with E-state index >= 15 is 0 Å². The molecule has 0 heterocycles. The molecule has 0 saturated carbocycles. The van der Waals surface area contributed by atoms with Gasteiger partial charge in [-0.05, 0) is 19.3 Å². The van der Waals surface area contributed by atoms with Gasteiger partial charge in [-0.25, -0.2) is 0 Å². The summed E-state index contributed by atoms with van der Waals surface area (Å²) in [7, 11) is 0. The van der Waals surface area contributed by atoms with Gasteiger partial charge in [0.25, 0.3) is 0 Å². The summed E-state index contributed by atoms with van der Waals surface area (Å²) in [5.74, 6) is 0.640. The lowest BCUT2D eigenvalue weighted by Crippen LogP contribution is -2.14. The molecular weight excluding hydrogens is 452 g/mol. The van der Waals surface area contributed by atoms with Crippen molar-refractivity contribution in [2.45, 2.75) is 122 Å². The molecule has 34 heavy (non-hydrogen) atoms. The van der Waals surface area contributed by atoms with Gasteiger partial charge in [0.2, 0.25) is 0 Å². The number of esters is 1. The number of alkyl halides is 1. The average molecular weight is 507 g/mol. The van der Waals surface area contributed by atoms with Crippen LogP contribution in [0.5, 0.6) is 0 Å². The van der Waals surface area contributed by atoms with Crippen LogP contribution < -0.4 is 0 Å². The summed E-state index contributed by atoms with van der Waals surface area (Å²) >= 11 is 5.64. The highest BCUT2D eigenvalue weighted by Crippen LogP contribution is 2.13. The molecule has 0 saturated heterocycles. The van der Waals surface area contributed by atoms with Gasteiger partial charge in [0.05, 0.1) is 33.0 Å². The van der Waals surface area contributed by atoms with E-state index in [-0.39, 0.29) is 5.97 Å². The number of halogens is 1. The summed E-state index contributed by atoms with van der Waals surface area (Å²) in [6.07, 6.45) is 22.1. The van der Waals surface area contributed by atoms with Crippen molar-refractivity contribution in [3.8, 4) is 0 Å². The van der Waals surface area contributed by atoms with E-state index in [0.29, 0.717) is 46.1 Å². The Labute approximate surface area is 216 Å². The van der Waals surface area contributed by atoms with Gasteiger partial charge in [0.15, 0.2) is 0 Å². The fourth-order valence-electron chi connectivity index (χ4n) is 3.77. The van der Waals surface area contributed by atoms with Crippen LogP contribution in [0, 0.1) is 0 Å². The van der Waals surface area contributed by atoms with E-state index < -0.39 is 0 Å². The van der Waals surface area contributed by atoms with E-state index in [2.05, 4.69) is 6.92 Å². The zero-order valence-electron chi connectivity index (χ0n) is 22.3. The van der Waals surface area contributed by atoms with Gasteiger partial charge in [0, 0.05) is 18.9 Å². The molecule has 0 unspecified atom stereocenters. The molecule has 0 rings (SSSR count). The molecule has 0 aliphatic rings. The fourth-order valence-corrected chi connectivity index (χ4v) is 3.96. The molecule has 204 valence electrons. The first-order valence-electron chi connectivity index (χ1n) is 14.3. The zero-order valence-corrected chi connectivity index (χ0v) is 23.1. The largest absolute Gasteiger partial charge is 0.463 e. The highest BCUT2D eigenvalue weighted by Gasteiger charge is 2.02. The van der Waals surface area contributed by atoms with Crippen molar-refractivity contribution >= 4 is 17.6 Å². The normalized spacial score (nSPS) is 11.2. The van der Waals surface area contributed by atoms with Crippen LogP contribution in [0.3, 0.4) is 0 Å². The number of ether oxygens (including phenoxy) is 4. The second-order valence-corrected chi connectivity index (χ2v) is 9.53. The van der Waals surface area contributed by atoms with Crippen molar-refractivity contribution in [3.05, 3.63) is 0 Å². The molecule has 0 atom stereocenters. The highest BCUT2D eigenvalue weighted by atomic mass is 35.5. The van der Waals surface area contributed by atoms with Gasteiger partial charge in [-0.3, -0.25) is 4.79 Å². The Bertz CT molecular complexity index is 395. The van der Waals surface area contributed by atoms with Gasteiger partial charge < -0.3 is 18.9 Å². The quantitative estimate of drug-likeness (QED) is 0.0586. The minimum atomic E-state index is -0.109. The van der Waals surface area contributed by atoms with Gasteiger partial charge in [-0.2, -0.15) is 0 Å². The van der Waals surface area contributed by atoms with Crippen LogP contribution in [0.2, 0.25) is 0 Å². The third-order valence-electron chi connectivity index (χ3n) is 5.89. The summed E-state index contributed by atoms with van der Waals surface area (Å²) in [5.41, 5.74) is 0. The van der Waals surface area contributed by atoms with E-state index in [9.17, 15) is 4.79 Å². The predicted octanol–water partition coefficient (Wildman–Crippen LogP) is 7.86. The summed E-state index contributed by atoms with van der Waals surface area (Å²) in [4.78, 5) is 11.8. The minimum Gasteiger partial charge on any atom is -0.463 e. The molecular formula is C28H55ClO5. The minimum absolute atomic E-state index is 0.109. The van der Waals surface area contributed by atoms with Gasteiger partial charge >= 0.3 is 5.97 Å². The summed E-state index contributed by atoms with van der Waals surface area (Å²) in [5, 5.41) is 0. The molecule has 0 aromatic carbocycles. The Morgan fingerprint density at radius 3 is 1.44 bits per heavy atom. The van der Waals surface area contributed by atoms with Gasteiger partial charge in [-0.1, -0.05) is 96.8 Å². The van der Waals surface area contributed by atoms with Crippen molar-refractivity contribution in [2.75, 3.05) is 52.1 Å². The standard InChI is InChI=1S/C28H55ClO5/c1-2-3-4-5-6-7-8-9-10-11-12-13-16-19-28(30)34-27-26-33-25-24-32-23-22-31-21-18-15-14-17-20-29/h2-27H2,1H3. The molecule has 0 radical (unpaired) electrons. The first kappa shape index (κ1) is 33.6. The Kier molecular flexibility index (Phi) is 30.3. The fraction of sp³-hybridized carbons (Fsp3) is 0.964. The average Bonchev–Trinajstić information content (AvgIpc) is 2.84. The first-order valence-corrected chi connectivity index (χ1v) is 14.8. The summed E-state index contributed by atoms with van der Waals surface area (Å²) < 4.78 is 21.6. The molecule has 5 nitrogen and oxygen atoms in total. The predicted molar refractivity (Wildman–Crippen MR) is 143 cm³/mol. The maximum absolute atomic E-state index is 11.8. The number of hydrogen-bond donors (Lipinski definition) is 0. The molecule has 0 N–H and O–H groups in total. The molecule has 0 aliphatic heterocycles. The molecule has 0 amide bonds. The van der Waals surface area contributed by atoms with Crippen LogP contribution in [-0.2, 0) is 23.7 Å². The number of carbonyl (C=O) groups excluding carboxylic acids is 1. The lowest BCUT2D eigenvalue weighted by molar-refractivity contribution is -0.145. The number of unbranched alkanes of at least 4 members (excludes halogenated alkanes) is 15. The summed E-state index contributed by atoms with van der Waals surface area (Å²) in [6.45, 7) is 6.04. The molecule has 0 bridgehead atoms. The van der Waals surface area contributed by atoms with Crippen LogP contribution in [0.4, 0.5) is 0 Å². The van der Waals surface area contributed by atoms with Crippen LogP contribution in [0.25, 0.3) is 0 Å². The first-order chi connectivity index (χ1) is 16.8. The Balaban J connectivity index is 3.14. The molecule has 0 aliphatic carbocycles. The highest BCUT2D eigenvalue weighted by molar-refractivity contribution is 6.17. The Morgan fingerprint density at radius 2 is 0.912 bits per heavy atom. The second-order valence-electron chi connectivity index (χ2n) is 9.15. The maximum Gasteiger partial charge on any atom is 0.305 e. The smallest absolute Gasteiger partial charge is 0.305 e. The van der Waals surface area contributed by atoms with E-state index in [1.54, 1.807) is 0 Å². The summed E-state index contributed by atoms with van der Waals surface area (Å²) in [6, 6.07) is 0. The Morgan fingerprint density at radius 1 is 0.500 bits per heavy atom. The number of carbonyl (C=O) groups is 1. The zero-order chi connectivity index (χ0) is 24.8. The van der Waals surface area contributed by atoms with Crippen LogP contribution in [-0.4, -0.2) is 58.1 Å². The van der Waals surface area contributed by atoms with Crippen molar-refractivity contribution in [1.29, 1.82) is 0 Å². The molecule has 6 heteroatoms. The van der Waals surface area contributed by atoms with E-state index in [4.69, 9.17) is 30.5 Å². The van der Waals surface area contributed by atoms with Crippen LogP contribution >= 0.6 is 11.6 Å². The Hall–Kier alpha value is -0.360. The van der Waals surface area contributed by atoms with Crippen molar-refractivity contribution in [3.63, 3.8) is 0 Å². The van der Waals surface area contributed by atoms with E-state index in [0.717, 1.165) is 38.2 Å². The van der Waals surface area contributed by atoms with E-state index in [1.165, 1.54) is 83.5 Å². The lowest BCUT2D eigenvalue weighted by Gasteiger charge is -2.08. The number of hydrogen-bond acceptors (Lipinski definition) is 5. The molecule has 0 spiro atoms. The van der Waals surface area contributed by atoms with E-state index in [1.807, 2.05) is 0 Å². The second kappa shape index (κ2) is 30.7. The van der Waals surface area contributed by atoms with Crippen LogP contribution in [0.1, 0.15) is 122 Å². The van der Waals surface area contributed by atoms with Gasteiger partial charge in [0.1, 0.15) is 6.61 Å². The molecule has 0 aromatic heterocycles. The maximum atomic E-state index is 11.8. The van der Waals surface area contributed by atoms with Crippen molar-refractivity contribution in [1.82, 2.24) is 0 Å². The van der Waals surface area contributed by atoms with Gasteiger partial charge in [-0.15, -0.1) is 11.6 Å². The van der Waals surface area contributed by atoms with Crippen molar-refractivity contribution < 1.29 is 23.7 Å². The molecule has 0 fully saturated rings.